The van der Waals surface area contributed by atoms with Gasteiger partial charge in [0.2, 0.25) is 5.91 Å². The first kappa shape index (κ1) is 15.2. The van der Waals surface area contributed by atoms with E-state index in [9.17, 15) is 14.0 Å². The zero-order valence-electron chi connectivity index (χ0n) is 11.7. The summed E-state index contributed by atoms with van der Waals surface area (Å²) in [5.74, 6) is -1.22. The average molecular weight is 309 g/mol. The van der Waals surface area contributed by atoms with Crippen molar-refractivity contribution in [3.63, 3.8) is 0 Å². The maximum Gasteiger partial charge on any atom is 0.264 e. The third-order valence-corrected chi connectivity index (χ3v) is 4.17. The first-order valence-corrected chi connectivity index (χ1v) is 7.32. The molecule has 1 aromatic heterocycles. The number of likely N-dealkylation sites (N-methyl/N-ethyl adjacent to an activating group) is 1. The lowest BCUT2D eigenvalue weighted by atomic mass is 10.2. The Morgan fingerprint density at radius 1 is 1.43 bits per heavy atom. The number of hydrogen-bond acceptors (Lipinski definition) is 4. The van der Waals surface area contributed by atoms with E-state index in [4.69, 9.17) is 5.73 Å². The molecule has 0 saturated heterocycles. The van der Waals surface area contributed by atoms with Crippen LogP contribution in [0.5, 0.6) is 0 Å². The predicted molar refractivity (Wildman–Crippen MR) is 81.8 cm³/mol. The summed E-state index contributed by atoms with van der Waals surface area (Å²) in [5.41, 5.74) is 5.97. The van der Waals surface area contributed by atoms with Crippen molar-refractivity contribution in [2.24, 2.45) is 0 Å². The van der Waals surface area contributed by atoms with Crippen molar-refractivity contribution in [3.8, 4) is 0 Å². The largest absolute Gasteiger partial charge is 0.397 e. The molecule has 0 aliphatic rings. The standard InChI is InChI=1S/C14H16FN3O2S/c1-3-17-13(19)7(2)18-14(20)12-11(16)10-8(15)5-4-6-9(10)21-12/h4-7H,3,16H2,1-2H3,(H,17,19)(H,18,20). The van der Waals surface area contributed by atoms with Crippen molar-refractivity contribution < 1.29 is 14.0 Å². The molecule has 1 heterocycles. The highest BCUT2D eigenvalue weighted by atomic mass is 32.1. The number of nitrogens with one attached hydrogen (secondary N) is 2. The van der Waals surface area contributed by atoms with Gasteiger partial charge >= 0.3 is 0 Å². The van der Waals surface area contributed by atoms with E-state index < -0.39 is 17.8 Å². The fourth-order valence-electron chi connectivity index (χ4n) is 1.95. The Morgan fingerprint density at radius 2 is 2.14 bits per heavy atom. The molecule has 2 aromatic rings. The summed E-state index contributed by atoms with van der Waals surface area (Å²) in [7, 11) is 0. The van der Waals surface area contributed by atoms with E-state index in [1.165, 1.54) is 6.07 Å². The summed E-state index contributed by atoms with van der Waals surface area (Å²) >= 11 is 1.10. The summed E-state index contributed by atoms with van der Waals surface area (Å²) in [4.78, 5) is 24.0. The summed E-state index contributed by atoms with van der Waals surface area (Å²) < 4.78 is 14.3. The fraction of sp³-hybridized carbons (Fsp3) is 0.286. The number of rotatable bonds is 4. The van der Waals surface area contributed by atoms with Crippen LogP contribution < -0.4 is 16.4 Å². The van der Waals surface area contributed by atoms with Gasteiger partial charge in [-0.1, -0.05) is 6.07 Å². The molecule has 0 aliphatic carbocycles. The van der Waals surface area contributed by atoms with Gasteiger partial charge in [0.05, 0.1) is 11.1 Å². The summed E-state index contributed by atoms with van der Waals surface area (Å²) in [6, 6.07) is 3.87. The van der Waals surface area contributed by atoms with Crippen LogP contribution in [0.1, 0.15) is 23.5 Å². The molecule has 5 nitrogen and oxygen atoms in total. The van der Waals surface area contributed by atoms with Gasteiger partial charge in [-0.3, -0.25) is 9.59 Å². The number of carbonyl (C=O) groups is 2. The number of anilines is 1. The lowest BCUT2D eigenvalue weighted by Gasteiger charge is -2.12. The molecule has 21 heavy (non-hydrogen) atoms. The van der Waals surface area contributed by atoms with Crippen LogP contribution in [0.15, 0.2) is 18.2 Å². The zero-order valence-corrected chi connectivity index (χ0v) is 12.5. The molecule has 0 fully saturated rings. The molecule has 0 saturated carbocycles. The predicted octanol–water partition coefficient (Wildman–Crippen LogP) is 1.88. The second kappa shape index (κ2) is 6.09. The second-order valence-electron chi connectivity index (χ2n) is 4.55. The van der Waals surface area contributed by atoms with Gasteiger partial charge in [0.15, 0.2) is 0 Å². The Balaban J connectivity index is 2.26. The molecular weight excluding hydrogens is 293 g/mol. The number of nitrogens with two attached hydrogens (primary N) is 1. The number of carbonyl (C=O) groups excluding carboxylic acids is 2. The van der Waals surface area contributed by atoms with Crippen molar-refractivity contribution >= 4 is 38.9 Å². The minimum absolute atomic E-state index is 0.105. The van der Waals surface area contributed by atoms with Gasteiger partial charge in [-0.05, 0) is 26.0 Å². The number of nitrogen functional groups attached to an aromatic ring is 1. The molecule has 7 heteroatoms. The molecule has 0 spiro atoms. The minimum Gasteiger partial charge on any atom is -0.397 e. The number of halogens is 1. The maximum atomic E-state index is 13.7. The van der Waals surface area contributed by atoms with Gasteiger partial charge in [-0.25, -0.2) is 4.39 Å². The van der Waals surface area contributed by atoms with E-state index in [0.29, 0.717) is 11.2 Å². The van der Waals surface area contributed by atoms with E-state index in [-0.39, 0.29) is 21.9 Å². The number of hydrogen-bond donors (Lipinski definition) is 3. The van der Waals surface area contributed by atoms with Crippen molar-refractivity contribution in [1.29, 1.82) is 0 Å². The van der Waals surface area contributed by atoms with Crippen molar-refractivity contribution in [3.05, 3.63) is 28.9 Å². The number of fused-ring (bicyclic) bond motifs is 1. The molecule has 1 aromatic carbocycles. The topological polar surface area (TPSA) is 84.2 Å². The SMILES string of the molecule is CCNC(=O)C(C)NC(=O)c1sc2cccc(F)c2c1N. The van der Waals surface area contributed by atoms with Crippen LogP contribution in [-0.4, -0.2) is 24.4 Å². The Bertz CT molecular complexity index is 699. The number of amides is 2. The fourth-order valence-corrected chi connectivity index (χ4v) is 2.99. The van der Waals surface area contributed by atoms with Crippen molar-refractivity contribution in [2.75, 3.05) is 12.3 Å². The Hall–Kier alpha value is -2.15. The first-order valence-electron chi connectivity index (χ1n) is 6.50. The summed E-state index contributed by atoms with van der Waals surface area (Å²) in [5, 5.41) is 5.42. The minimum atomic E-state index is -0.688. The zero-order chi connectivity index (χ0) is 15.6. The summed E-state index contributed by atoms with van der Waals surface area (Å²) in [6.45, 7) is 3.85. The molecule has 112 valence electrons. The van der Waals surface area contributed by atoms with Crippen LogP contribution in [0.25, 0.3) is 10.1 Å². The van der Waals surface area contributed by atoms with E-state index in [2.05, 4.69) is 10.6 Å². The van der Waals surface area contributed by atoms with E-state index in [0.717, 1.165) is 11.3 Å². The normalized spacial score (nSPS) is 12.1. The third kappa shape index (κ3) is 2.97. The van der Waals surface area contributed by atoms with E-state index in [1.54, 1.807) is 26.0 Å². The number of thiophene rings is 1. The van der Waals surface area contributed by atoms with Gasteiger partial charge in [0.1, 0.15) is 16.7 Å². The lowest BCUT2D eigenvalue weighted by Crippen LogP contribution is -2.44. The van der Waals surface area contributed by atoms with Crippen LogP contribution >= 0.6 is 11.3 Å². The quantitative estimate of drug-likeness (QED) is 0.806. The maximum absolute atomic E-state index is 13.7. The van der Waals surface area contributed by atoms with Crippen LogP contribution in [0.4, 0.5) is 10.1 Å². The lowest BCUT2D eigenvalue weighted by molar-refractivity contribution is -0.122. The van der Waals surface area contributed by atoms with Crippen LogP contribution in [-0.2, 0) is 4.79 Å². The Kier molecular flexibility index (Phi) is 4.42. The first-order chi connectivity index (χ1) is 9.95. The highest BCUT2D eigenvalue weighted by molar-refractivity contribution is 7.21. The molecular formula is C14H16FN3O2S. The molecule has 1 atom stereocenters. The molecule has 4 N–H and O–H groups in total. The van der Waals surface area contributed by atoms with Crippen molar-refractivity contribution in [2.45, 2.75) is 19.9 Å². The molecule has 0 bridgehead atoms. The molecule has 0 radical (unpaired) electrons. The highest BCUT2D eigenvalue weighted by Gasteiger charge is 2.21. The van der Waals surface area contributed by atoms with Crippen LogP contribution in [0.2, 0.25) is 0 Å². The molecule has 1 unspecified atom stereocenters. The van der Waals surface area contributed by atoms with Gasteiger partial charge in [0.25, 0.3) is 5.91 Å². The molecule has 2 amide bonds. The van der Waals surface area contributed by atoms with Gasteiger partial charge in [0, 0.05) is 11.2 Å². The van der Waals surface area contributed by atoms with Crippen molar-refractivity contribution in [1.82, 2.24) is 10.6 Å². The summed E-state index contributed by atoms with van der Waals surface area (Å²) in [6.07, 6.45) is 0. The Labute approximate surface area is 125 Å². The Morgan fingerprint density at radius 3 is 2.76 bits per heavy atom. The van der Waals surface area contributed by atoms with E-state index in [1.807, 2.05) is 0 Å². The number of benzene rings is 1. The van der Waals surface area contributed by atoms with Crippen LogP contribution in [0, 0.1) is 5.82 Å². The van der Waals surface area contributed by atoms with Gasteiger partial charge < -0.3 is 16.4 Å². The molecule has 0 aliphatic heterocycles. The average Bonchev–Trinajstić information content (AvgIpc) is 2.77. The second-order valence-corrected chi connectivity index (χ2v) is 5.60. The van der Waals surface area contributed by atoms with Gasteiger partial charge in [-0.2, -0.15) is 0 Å². The monoisotopic (exact) mass is 309 g/mol. The van der Waals surface area contributed by atoms with Crippen LogP contribution in [0.3, 0.4) is 0 Å². The third-order valence-electron chi connectivity index (χ3n) is 3.00. The van der Waals surface area contributed by atoms with Gasteiger partial charge in [-0.15, -0.1) is 11.3 Å². The molecule has 2 rings (SSSR count). The smallest absolute Gasteiger partial charge is 0.264 e. The van der Waals surface area contributed by atoms with E-state index >= 15 is 0 Å². The highest BCUT2D eigenvalue weighted by Crippen LogP contribution is 2.35.